The number of ether oxygens (including phenoxy) is 1. The Labute approximate surface area is 329 Å². The van der Waals surface area contributed by atoms with Crippen molar-refractivity contribution < 1.29 is 4.74 Å². The van der Waals surface area contributed by atoms with Gasteiger partial charge in [0.15, 0.2) is 17.5 Å². The molecule has 12 rings (SSSR count). The summed E-state index contributed by atoms with van der Waals surface area (Å²) in [6, 6.07) is 68.3. The first-order chi connectivity index (χ1) is 28.3. The van der Waals surface area contributed by atoms with Gasteiger partial charge in [0.1, 0.15) is 11.5 Å². The summed E-state index contributed by atoms with van der Waals surface area (Å²) in [7, 11) is 0. The summed E-state index contributed by atoms with van der Waals surface area (Å²) in [6.07, 6.45) is 0. The van der Waals surface area contributed by atoms with Crippen molar-refractivity contribution in [2.75, 3.05) is 0 Å². The maximum absolute atomic E-state index is 7.05. The molecule has 0 amide bonds. The van der Waals surface area contributed by atoms with Crippen molar-refractivity contribution in [3.05, 3.63) is 216 Å². The zero-order valence-electron chi connectivity index (χ0n) is 30.7. The van der Waals surface area contributed by atoms with Gasteiger partial charge in [-0.1, -0.05) is 176 Å². The van der Waals surface area contributed by atoms with Gasteiger partial charge in [-0.05, 0) is 34.9 Å². The molecule has 1 atom stereocenters. The number of benzene rings is 8. The van der Waals surface area contributed by atoms with E-state index in [1.807, 2.05) is 60.7 Å². The van der Waals surface area contributed by atoms with Gasteiger partial charge in [0.25, 0.3) is 0 Å². The maximum atomic E-state index is 7.05. The van der Waals surface area contributed by atoms with Crippen LogP contribution in [0, 0.1) is 0 Å². The minimum absolute atomic E-state index is 0.621. The van der Waals surface area contributed by atoms with Gasteiger partial charge in [-0.15, -0.1) is 0 Å². The lowest BCUT2D eigenvalue weighted by molar-refractivity contribution is 0.435. The first-order valence-corrected chi connectivity index (χ1v) is 19.3. The standard InChI is InChI=1S/C52H32N4O/c1-3-15-34(16-4-1)49-53-50(35-17-5-2-6-18-35)55-51(54-49)36-31-29-33(30-32-36)37-20-13-25-43-48(37)57-46-28-12-9-23-41(46)52(43)40-22-8-11-27-45(40)56-44-26-10-7-19-38(44)39-21-14-24-42(52)47(39)56/h1-32H. The molecule has 0 saturated carbocycles. The van der Waals surface area contributed by atoms with Crippen molar-refractivity contribution in [1.82, 2.24) is 19.5 Å². The smallest absolute Gasteiger partial charge is 0.164 e. The zero-order valence-corrected chi connectivity index (χ0v) is 30.7. The molecule has 0 fully saturated rings. The second-order valence-electron chi connectivity index (χ2n) is 14.7. The Morgan fingerprint density at radius 2 is 0.912 bits per heavy atom. The third kappa shape index (κ3) is 4.54. The Morgan fingerprint density at radius 1 is 0.386 bits per heavy atom. The van der Waals surface area contributed by atoms with E-state index in [4.69, 9.17) is 19.7 Å². The minimum atomic E-state index is -0.632. The molecule has 5 nitrogen and oxygen atoms in total. The highest BCUT2D eigenvalue weighted by molar-refractivity contribution is 6.12. The van der Waals surface area contributed by atoms with E-state index in [-0.39, 0.29) is 0 Å². The van der Waals surface area contributed by atoms with Crippen molar-refractivity contribution in [2.45, 2.75) is 5.41 Å². The van der Waals surface area contributed by atoms with Crippen molar-refractivity contribution in [2.24, 2.45) is 0 Å². The van der Waals surface area contributed by atoms with Crippen LogP contribution < -0.4 is 4.74 Å². The van der Waals surface area contributed by atoms with E-state index in [1.54, 1.807) is 0 Å². The van der Waals surface area contributed by atoms with Crippen LogP contribution in [-0.4, -0.2) is 19.5 Å². The molecule has 2 aliphatic heterocycles. The predicted octanol–water partition coefficient (Wildman–Crippen LogP) is 12.4. The van der Waals surface area contributed by atoms with Gasteiger partial charge in [0, 0.05) is 44.2 Å². The van der Waals surface area contributed by atoms with Crippen LogP contribution in [0.2, 0.25) is 0 Å². The predicted molar refractivity (Wildman–Crippen MR) is 228 cm³/mol. The van der Waals surface area contributed by atoms with Gasteiger partial charge in [-0.3, -0.25) is 0 Å². The Bertz CT molecular complexity index is 3150. The van der Waals surface area contributed by atoms with Crippen LogP contribution in [0.5, 0.6) is 11.5 Å². The molecule has 4 heterocycles. The van der Waals surface area contributed by atoms with E-state index in [1.165, 1.54) is 38.6 Å². The molecule has 10 aromatic rings. The highest BCUT2D eigenvalue weighted by Crippen LogP contribution is 2.61. The maximum Gasteiger partial charge on any atom is 0.164 e. The number of para-hydroxylation sites is 5. The second kappa shape index (κ2) is 12.2. The topological polar surface area (TPSA) is 52.8 Å². The molecule has 0 saturated heterocycles. The van der Waals surface area contributed by atoms with Crippen molar-refractivity contribution in [1.29, 1.82) is 0 Å². The van der Waals surface area contributed by atoms with Crippen LogP contribution in [0.3, 0.4) is 0 Å². The lowest BCUT2D eigenvalue weighted by Gasteiger charge is -2.45. The molecule has 0 N–H and O–H groups in total. The fraction of sp³-hybridized carbons (Fsp3) is 0.0192. The monoisotopic (exact) mass is 728 g/mol. The molecule has 2 aromatic heterocycles. The Hall–Kier alpha value is -7.63. The summed E-state index contributed by atoms with van der Waals surface area (Å²) in [5, 5.41) is 2.50. The van der Waals surface area contributed by atoms with Crippen LogP contribution in [0.1, 0.15) is 22.3 Å². The highest BCUT2D eigenvalue weighted by atomic mass is 16.5. The van der Waals surface area contributed by atoms with Crippen LogP contribution in [-0.2, 0) is 5.41 Å². The molecule has 1 unspecified atom stereocenters. The number of hydrogen-bond acceptors (Lipinski definition) is 4. The van der Waals surface area contributed by atoms with E-state index >= 15 is 0 Å². The fourth-order valence-electron chi connectivity index (χ4n) is 9.31. The quantitative estimate of drug-likeness (QED) is 0.181. The molecule has 5 heteroatoms. The largest absolute Gasteiger partial charge is 0.456 e. The molecule has 0 radical (unpaired) electrons. The van der Waals surface area contributed by atoms with E-state index in [0.29, 0.717) is 17.5 Å². The molecule has 1 spiro atoms. The molecule has 57 heavy (non-hydrogen) atoms. The molecular weight excluding hydrogens is 697 g/mol. The second-order valence-corrected chi connectivity index (χ2v) is 14.7. The molecule has 0 bridgehead atoms. The molecular formula is C52H32N4O. The van der Waals surface area contributed by atoms with Crippen molar-refractivity contribution in [3.8, 4) is 62.5 Å². The third-order valence-corrected chi connectivity index (χ3v) is 11.7. The average molecular weight is 729 g/mol. The Kier molecular flexibility index (Phi) is 6.78. The van der Waals surface area contributed by atoms with Crippen molar-refractivity contribution >= 4 is 21.8 Å². The molecule has 0 aliphatic carbocycles. The fourth-order valence-corrected chi connectivity index (χ4v) is 9.31. The van der Waals surface area contributed by atoms with E-state index in [9.17, 15) is 0 Å². The normalized spacial score (nSPS) is 14.9. The summed E-state index contributed by atoms with van der Waals surface area (Å²) in [5.74, 6) is 3.62. The van der Waals surface area contributed by atoms with Gasteiger partial charge in [0.05, 0.1) is 22.1 Å². The lowest BCUT2D eigenvalue weighted by atomic mass is 9.61. The van der Waals surface area contributed by atoms with Gasteiger partial charge >= 0.3 is 0 Å². The van der Waals surface area contributed by atoms with E-state index in [2.05, 4.69) is 138 Å². The van der Waals surface area contributed by atoms with Gasteiger partial charge < -0.3 is 9.30 Å². The summed E-state index contributed by atoms with van der Waals surface area (Å²) in [5.41, 5.74) is 12.6. The van der Waals surface area contributed by atoms with Crippen LogP contribution in [0.4, 0.5) is 0 Å². The van der Waals surface area contributed by atoms with Gasteiger partial charge in [-0.25, -0.2) is 15.0 Å². The van der Waals surface area contributed by atoms with Gasteiger partial charge in [0.2, 0.25) is 0 Å². The van der Waals surface area contributed by atoms with E-state index < -0.39 is 5.41 Å². The summed E-state index contributed by atoms with van der Waals surface area (Å²) < 4.78 is 9.52. The number of hydrogen-bond donors (Lipinski definition) is 0. The summed E-state index contributed by atoms with van der Waals surface area (Å²) >= 11 is 0. The lowest BCUT2D eigenvalue weighted by Crippen LogP contribution is -2.37. The van der Waals surface area contributed by atoms with Crippen LogP contribution >= 0.6 is 0 Å². The van der Waals surface area contributed by atoms with E-state index in [0.717, 1.165) is 50.4 Å². The number of nitrogens with zero attached hydrogens (tertiary/aromatic N) is 4. The minimum Gasteiger partial charge on any atom is -0.456 e. The number of rotatable bonds is 4. The Balaban J connectivity index is 1.06. The number of aromatic nitrogens is 4. The first-order valence-electron chi connectivity index (χ1n) is 19.3. The Morgan fingerprint density at radius 3 is 1.65 bits per heavy atom. The third-order valence-electron chi connectivity index (χ3n) is 11.7. The first kappa shape index (κ1) is 31.7. The SMILES string of the molecule is c1ccc(-c2nc(-c3ccccc3)nc(-c3ccc(-c4cccc5c4Oc4ccccc4C54c5ccccc5-n5c6ccccc6c6cccc4c65)cc3)n2)cc1. The molecule has 266 valence electrons. The van der Waals surface area contributed by atoms with Gasteiger partial charge in [-0.2, -0.15) is 0 Å². The highest BCUT2D eigenvalue weighted by Gasteiger charge is 2.50. The van der Waals surface area contributed by atoms with Crippen LogP contribution in [0.15, 0.2) is 194 Å². The van der Waals surface area contributed by atoms with Crippen LogP contribution in [0.25, 0.3) is 72.8 Å². The average Bonchev–Trinajstić information content (AvgIpc) is 3.63. The summed E-state index contributed by atoms with van der Waals surface area (Å²) in [4.78, 5) is 14.8. The summed E-state index contributed by atoms with van der Waals surface area (Å²) in [6.45, 7) is 0. The molecule has 2 aliphatic rings. The number of fused-ring (bicyclic) bond motifs is 11. The zero-order chi connectivity index (χ0) is 37.5. The molecule has 8 aromatic carbocycles. The van der Waals surface area contributed by atoms with Crippen molar-refractivity contribution in [3.63, 3.8) is 0 Å².